The smallest absolute Gasteiger partial charge is 0.462 e. The average Bonchev–Trinajstić information content (AvgIpc) is 0.924. The first-order chi connectivity index (χ1) is 50.9. The second-order valence-electron chi connectivity index (χ2n) is 28.5. The summed E-state index contributed by atoms with van der Waals surface area (Å²) in [5, 5.41) is 10.7. The van der Waals surface area contributed by atoms with Crippen LogP contribution >= 0.6 is 15.6 Å². The lowest BCUT2D eigenvalue weighted by atomic mass is 10.1. The van der Waals surface area contributed by atoms with Gasteiger partial charge in [0, 0.05) is 51.6 Å². The van der Waals surface area contributed by atoms with Crippen LogP contribution in [0.2, 0.25) is 0 Å². The third-order valence-electron chi connectivity index (χ3n) is 18.2. The number of nitrogens with one attached hydrogen (secondary N) is 4. The van der Waals surface area contributed by atoms with Crippen LogP contribution in [0.1, 0.15) is 369 Å². The minimum absolute atomic E-state index is 0.0540. The van der Waals surface area contributed by atoms with Gasteiger partial charge in [0.2, 0.25) is 23.6 Å². The van der Waals surface area contributed by atoms with Gasteiger partial charge < -0.3 is 50.0 Å². The van der Waals surface area contributed by atoms with E-state index in [1.54, 1.807) is 0 Å². The first-order valence-electron chi connectivity index (χ1n) is 42.1. The minimum Gasteiger partial charge on any atom is -0.462 e. The van der Waals surface area contributed by atoms with Crippen LogP contribution in [0, 0.1) is 0 Å². The molecule has 0 aromatic rings. The van der Waals surface area contributed by atoms with E-state index >= 15 is 0 Å². The van der Waals surface area contributed by atoms with Gasteiger partial charge in [0.05, 0.1) is 64.9 Å². The van der Waals surface area contributed by atoms with E-state index in [1.807, 2.05) is 0 Å². The SMILES string of the molecule is CCCCCCC=CCCCC(=O)OC(CCCCCCC)CCOCC(COP(=O)(O)OCCNC(=O)CC(=O)NCCOP(=O)(O)OCC(COCCC(CCCCCCC)OC(=O)CCCC=CCCCCCC)NC(=O)CCCCCCCCCCC)NC(=O)CCCCCCCCCCC. The maximum Gasteiger partial charge on any atom is 0.472 e. The van der Waals surface area contributed by atoms with Crippen LogP contribution in [-0.4, -0.2) is 136 Å². The van der Waals surface area contributed by atoms with Crippen molar-refractivity contribution in [1.82, 2.24) is 21.3 Å². The van der Waals surface area contributed by atoms with Crippen LogP contribution < -0.4 is 21.3 Å². The number of phosphoric ester groups is 2. The van der Waals surface area contributed by atoms with Crippen molar-refractivity contribution in [2.24, 2.45) is 0 Å². The Morgan fingerprint density at radius 2 is 0.619 bits per heavy atom. The van der Waals surface area contributed by atoms with Crippen LogP contribution in [0.25, 0.3) is 0 Å². The normalized spacial score (nSPS) is 14.0. The zero-order chi connectivity index (χ0) is 77.2. The monoisotopic (exact) mass is 1530 g/mol. The second kappa shape index (κ2) is 74.5. The predicted octanol–water partition coefficient (Wildman–Crippen LogP) is 19.4. The van der Waals surface area contributed by atoms with Crippen molar-refractivity contribution in [3.8, 4) is 0 Å². The molecule has 0 bridgehead atoms. The Hall–Kier alpha value is -3.56. The van der Waals surface area contributed by atoms with Gasteiger partial charge in [-0.3, -0.25) is 46.9 Å². The van der Waals surface area contributed by atoms with Crippen molar-refractivity contribution in [2.45, 2.75) is 393 Å². The third kappa shape index (κ3) is 71.8. The van der Waals surface area contributed by atoms with E-state index in [2.05, 4.69) is 87.1 Å². The molecule has 6 unspecified atom stereocenters. The number of phosphoric acid groups is 2. The summed E-state index contributed by atoms with van der Waals surface area (Å²) in [5.41, 5.74) is 0. The highest BCUT2D eigenvalue weighted by molar-refractivity contribution is 7.47. The zero-order valence-corrected chi connectivity index (χ0v) is 68.9. The highest BCUT2D eigenvalue weighted by atomic mass is 31.2. The quantitative estimate of drug-likeness (QED) is 0.0108. The van der Waals surface area contributed by atoms with Crippen LogP contribution in [-0.2, 0) is 74.9 Å². The number of ether oxygens (including phenoxy) is 4. The number of carbonyl (C=O) groups is 6. The lowest BCUT2D eigenvalue weighted by Gasteiger charge is -2.22. The predicted molar refractivity (Wildman–Crippen MR) is 423 cm³/mol. The van der Waals surface area contributed by atoms with Crippen molar-refractivity contribution < 1.29 is 84.7 Å². The van der Waals surface area contributed by atoms with Crippen molar-refractivity contribution in [3.63, 3.8) is 0 Å². The molecule has 0 heterocycles. The number of hydrogen-bond acceptors (Lipinski definition) is 16. The lowest BCUT2D eigenvalue weighted by molar-refractivity contribution is -0.151. The van der Waals surface area contributed by atoms with Crippen LogP contribution in [0.3, 0.4) is 0 Å². The molecule has 0 aromatic heterocycles. The van der Waals surface area contributed by atoms with Gasteiger partial charge in [0.15, 0.2) is 0 Å². The molecule has 0 fully saturated rings. The Labute approximate surface area is 637 Å². The first-order valence-corrected chi connectivity index (χ1v) is 45.1. The van der Waals surface area contributed by atoms with Gasteiger partial charge in [-0.05, 0) is 89.9 Å². The maximum atomic E-state index is 13.2. The molecular formula is C81H154N4O18P2. The van der Waals surface area contributed by atoms with Gasteiger partial charge in [-0.25, -0.2) is 9.13 Å². The molecule has 24 heteroatoms. The lowest BCUT2D eigenvalue weighted by Crippen LogP contribution is -2.41. The molecule has 0 aliphatic rings. The summed E-state index contributed by atoms with van der Waals surface area (Å²) >= 11 is 0. The maximum absolute atomic E-state index is 13.2. The minimum atomic E-state index is -4.73. The fraction of sp³-hybridized carbons (Fsp3) is 0.877. The molecule has 0 radical (unpaired) electrons. The number of amides is 4. The molecule has 0 spiro atoms. The summed E-state index contributed by atoms with van der Waals surface area (Å²) < 4.78 is 71.2. The molecular weight excluding hydrogens is 1380 g/mol. The molecule has 0 saturated heterocycles. The summed E-state index contributed by atoms with van der Waals surface area (Å²) in [6, 6.07) is -1.65. The summed E-state index contributed by atoms with van der Waals surface area (Å²) in [5.74, 6) is -2.46. The fourth-order valence-electron chi connectivity index (χ4n) is 11.9. The van der Waals surface area contributed by atoms with Crippen LogP contribution in [0.5, 0.6) is 0 Å². The van der Waals surface area contributed by atoms with E-state index in [0.717, 1.165) is 128 Å². The topological polar surface area (TPSA) is 299 Å². The Morgan fingerprint density at radius 1 is 0.324 bits per heavy atom. The Morgan fingerprint density at radius 3 is 0.952 bits per heavy atom. The van der Waals surface area contributed by atoms with Gasteiger partial charge in [0.25, 0.3) is 0 Å². The molecule has 105 heavy (non-hydrogen) atoms. The van der Waals surface area contributed by atoms with Crippen LogP contribution in [0.4, 0.5) is 0 Å². The van der Waals surface area contributed by atoms with E-state index in [4.69, 9.17) is 37.0 Å². The van der Waals surface area contributed by atoms with Crippen molar-refractivity contribution in [2.75, 3.05) is 65.9 Å². The molecule has 0 aromatic carbocycles. The van der Waals surface area contributed by atoms with Gasteiger partial charge in [-0.1, -0.05) is 258 Å². The van der Waals surface area contributed by atoms with Gasteiger partial charge in [-0.2, -0.15) is 0 Å². The summed E-state index contributed by atoms with van der Waals surface area (Å²) in [6.07, 6.45) is 55.9. The summed E-state index contributed by atoms with van der Waals surface area (Å²) in [4.78, 5) is 99.1. The number of carbonyl (C=O) groups excluding carboxylic acids is 6. The van der Waals surface area contributed by atoms with Gasteiger partial charge in [-0.15, -0.1) is 0 Å². The largest absolute Gasteiger partial charge is 0.472 e. The molecule has 22 nitrogen and oxygen atoms in total. The van der Waals surface area contributed by atoms with E-state index in [9.17, 15) is 47.7 Å². The molecule has 0 aliphatic carbocycles. The van der Waals surface area contributed by atoms with Crippen molar-refractivity contribution in [3.05, 3.63) is 24.3 Å². The van der Waals surface area contributed by atoms with Gasteiger partial charge >= 0.3 is 27.6 Å². The second-order valence-corrected chi connectivity index (χ2v) is 31.4. The van der Waals surface area contributed by atoms with E-state index in [0.29, 0.717) is 64.2 Å². The highest BCUT2D eigenvalue weighted by Crippen LogP contribution is 2.44. The number of unbranched alkanes of at least 4 members (excludes halogenated alkanes) is 34. The molecule has 0 saturated carbocycles. The molecule has 6 atom stereocenters. The van der Waals surface area contributed by atoms with Crippen molar-refractivity contribution in [1.29, 1.82) is 0 Å². The Balaban J connectivity index is 5.49. The molecule has 0 rings (SSSR count). The summed E-state index contributed by atoms with van der Waals surface area (Å²) in [6.45, 7) is 11.1. The zero-order valence-electron chi connectivity index (χ0n) is 67.1. The number of rotatable bonds is 80. The molecule has 4 amide bonds. The average molecular weight is 1530 g/mol. The standard InChI is InChI=1S/C81H154N4O18P2/c1-7-13-19-25-29-33-37-43-49-55-76(86)84-72(68-96-63-59-74(53-47-41-23-17-11-5)102-80(90)57-51-45-39-35-31-27-21-15-9-3)70-100-104(92,93)98-65-61-82-78(88)67-79(89)83-62-66-99-105(94,95)101-71-73(85-77(87)56-50-44-38-34-30-26-20-14-8-2)69-97-64-60-75(54-48-42-24-18-12-6)103-81(91)58-52-46-40-36-32-28-22-16-10-4/h35-36,39-40,72-75H,7-34,37-38,41-71H2,1-6H3,(H,82,88)(H,83,89)(H,84,86)(H,85,87)(H,92,93)(H,94,95). The molecule has 616 valence electrons. The highest BCUT2D eigenvalue weighted by Gasteiger charge is 2.27. The Bertz CT molecular complexity index is 2100. The Kier molecular flexibility index (Phi) is 72.0. The molecule has 0 aliphatic heterocycles. The number of allylic oxidation sites excluding steroid dienone is 4. The van der Waals surface area contributed by atoms with E-state index in [1.165, 1.54) is 116 Å². The number of hydrogen-bond donors (Lipinski definition) is 6. The first kappa shape index (κ1) is 101. The fourth-order valence-corrected chi connectivity index (χ4v) is 13.4. The molecule has 6 N–H and O–H groups in total. The number of esters is 2. The van der Waals surface area contributed by atoms with E-state index in [-0.39, 0.29) is 88.3 Å². The summed E-state index contributed by atoms with van der Waals surface area (Å²) in [7, 11) is -9.46. The van der Waals surface area contributed by atoms with Crippen molar-refractivity contribution >= 4 is 51.2 Å². The van der Waals surface area contributed by atoms with E-state index < -0.39 is 72.4 Å². The van der Waals surface area contributed by atoms with Gasteiger partial charge in [0.1, 0.15) is 18.6 Å². The van der Waals surface area contributed by atoms with Crippen LogP contribution in [0.15, 0.2) is 24.3 Å². The third-order valence-corrected chi connectivity index (χ3v) is 20.2.